The second-order valence-electron chi connectivity index (χ2n) is 6.06. The van der Waals surface area contributed by atoms with Gasteiger partial charge in [-0.2, -0.15) is 0 Å². The molecule has 0 saturated carbocycles. The minimum Gasteiger partial charge on any atom is -0.388 e. The first kappa shape index (κ1) is 15.7. The normalized spacial score (nSPS) is 23.9. The zero-order valence-electron chi connectivity index (χ0n) is 12.3. The van der Waals surface area contributed by atoms with E-state index in [9.17, 15) is 19.5 Å². The summed E-state index contributed by atoms with van der Waals surface area (Å²) in [5, 5.41) is 15.3. The molecule has 0 aromatic carbocycles. The van der Waals surface area contributed by atoms with E-state index in [1.165, 1.54) is 0 Å². The highest BCUT2D eigenvalue weighted by Gasteiger charge is 2.45. The SMILES string of the molecule is CC1(C)NC(=O)N(CC(=O)NCC2(O)CCOCC2)C1=O. The predicted octanol–water partition coefficient (Wildman–Crippen LogP) is -1.03. The number of nitrogens with zero attached hydrogens (tertiary/aromatic N) is 1. The Hall–Kier alpha value is -1.67. The van der Waals surface area contributed by atoms with Crippen LogP contribution in [-0.2, 0) is 14.3 Å². The Labute approximate surface area is 122 Å². The van der Waals surface area contributed by atoms with Crippen LogP contribution in [0.25, 0.3) is 0 Å². The third-order valence-electron chi connectivity index (χ3n) is 3.78. The molecule has 0 radical (unpaired) electrons. The molecule has 0 spiro atoms. The number of imide groups is 1. The van der Waals surface area contributed by atoms with Crippen molar-refractivity contribution in [3.63, 3.8) is 0 Å². The zero-order valence-corrected chi connectivity index (χ0v) is 12.3. The van der Waals surface area contributed by atoms with Crippen LogP contribution < -0.4 is 10.6 Å². The maximum Gasteiger partial charge on any atom is 0.325 e. The third kappa shape index (κ3) is 3.51. The summed E-state index contributed by atoms with van der Waals surface area (Å²) in [7, 11) is 0. The molecule has 0 aliphatic carbocycles. The number of carbonyl (C=O) groups excluding carboxylic acids is 3. The van der Waals surface area contributed by atoms with E-state index in [-0.39, 0.29) is 13.1 Å². The number of nitrogens with one attached hydrogen (secondary N) is 2. The molecule has 8 heteroatoms. The summed E-state index contributed by atoms with van der Waals surface area (Å²) in [4.78, 5) is 36.3. The number of urea groups is 1. The summed E-state index contributed by atoms with van der Waals surface area (Å²) in [5.41, 5.74) is -1.97. The van der Waals surface area contributed by atoms with E-state index in [4.69, 9.17) is 4.74 Å². The van der Waals surface area contributed by atoms with E-state index >= 15 is 0 Å². The lowest BCUT2D eigenvalue weighted by Crippen LogP contribution is -2.49. The Balaban J connectivity index is 1.85. The van der Waals surface area contributed by atoms with Crippen molar-refractivity contribution in [1.29, 1.82) is 0 Å². The first-order chi connectivity index (χ1) is 9.73. The van der Waals surface area contributed by atoms with Gasteiger partial charge in [0.05, 0.1) is 5.60 Å². The van der Waals surface area contributed by atoms with Gasteiger partial charge in [-0.3, -0.25) is 14.5 Å². The Morgan fingerprint density at radius 2 is 2.00 bits per heavy atom. The summed E-state index contributed by atoms with van der Waals surface area (Å²) in [6.07, 6.45) is 0.896. The highest BCUT2D eigenvalue weighted by molar-refractivity contribution is 6.08. The van der Waals surface area contributed by atoms with Crippen molar-refractivity contribution in [2.24, 2.45) is 0 Å². The molecule has 21 heavy (non-hydrogen) atoms. The molecule has 0 aromatic heterocycles. The molecule has 2 aliphatic heterocycles. The quantitative estimate of drug-likeness (QED) is 0.576. The Kier molecular flexibility index (Phi) is 4.20. The molecule has 2 rings (SSSR count). The number of carbonyl (C=O) groups is 3. The number of hydrogen-bond donors (Lipinski definition) is 3. The van der Waals surface area contributed by atoms with Gasteiger partial charge < -0.3 is 20.5 Å². The van der Waals surface area contributed by atoms with Crippen molar-refractivity contribution in [3.8, 4) is 0 Å². The molecule has 2 heterocycles. The fraction of sp³-hybridized carbons (Fsp3) is 0.769. The highest BCUT2D eigenvalue weighted by atomic mass is 16.5. The van der Waals surface area contributed by atoms with Gasteiger partial charge in [0.15, 0.2) is 0 Å². The topological polar surface area (TPSA) is 108 Å². The second kappa shape index (κ2) is 5.61. The molecule has 8 nitrogen and oxygen atoms in total. The maximum absolute atomic E-state index is 11.9. The average molecular weight is 299 g/mol. The number of ether oxygens (including phenoxy) is 1. The van der Waals surface area contributed by atoms with Gasteiger partial charge >= 0.3 is 6.03 Å². The van der Waals surface area contributed by atoms with Crippen molar-refractivity contribution in [1.82, 2.24) is 15.5 Å². The maximum atomic E-state index is 11.9. The van der Waals surface area contributed by atoms with Crippen LogP contribution in [0.2, 0.25) is 0 Å². The Morgan fingerprint density at radius 1 is 1.38 bits per heavy atom. The summed E-state index contributed by atoms with van der Waals surface area (Å²) in [6, 6.07) is -0.579. The van der Waals surface area contributed by atoms with Gasteiger partial charge in [-0.15, -0.1) is 0 Å². The predicted molar refractivity (Wildman–Crippen MR) is 72.3 cm³/mol. The molecule has 0 atom stereocenters. The number of amides is 4. The fourth-order valence-electron chi connectivity index (χ4n) is 2.35. The molecule has 3 N–H and O–H groups in total. The Bertz CT molecular complexity index is 457. The summed E-state index contributed by atoms with van der Waals surface area (Å²) in [5.74, 6) is -0.913. The van der Waals surface area contributed by atoms with Gasteiger partial charge in [-0.1, -0.05) is 0 Å². The number of aliphatic hydroxyl groups is 1. The smallest absolute Gasteiger partial charge is 0.325 e. The van der Waals surface area contributed by atoms with E-state index in [0.29, 0.717) is 26.1 Å². The summed E-state index contributed by atoms with van der Waals surface area (Å²) >= 11 is 0. The van der Waals surface area contributed by atoms with Gasteiger partial charge in [0, 0.05) is 32.6 Å². The van der Waals surface area contributed by atoms with Crippen LogP contribution in [0.15, 0.2) is 0 Å². The van der Waals surface area contributed by atoms with Gasteiger partial charge in [0.25, 0.3) is 5.91 Å². The summed E-state index contributed by atoms with van der Waals surface area (Å²) in [6.45, 7) is 3.80. The van der Waals surface area contributed by atoms with Gasteiger partial charge in [-0.05, 0) is 13.8 Å². The van der Waals surface area contributed by atoms with E-state index in [2.05, 4.69) is 10.6 Å². The first-order valence-corrected chi connectivity index (χ1v) is 6.94. The van der Waals surface area contributed by atoms with Crippen molar-refractivity contribution in [2.45, 2.75) is 37.8 Å². The largest absolute Gasteiger partial charge is 0.388 e. The van der Waals surface area contributed by atoms with Crippen molar-refractivity contribution < 1.29 is 24.2 Å². The van der Waals surface area contributed by atoms with E-state index < -0.39 is 29.0 Å². The van der Waals surface area contributed by atoms with Crippen LogP contribution in [0, 0.1) is 0 Å². The number of rotatable bonds is 4. The summed E-state index contributed by atoms with van der Waals surface area (Å²) < 4.78 is 5.15. The zero-order chi connectivity index (χ0) is 15.7. The lowest BCUT2D eigenvalue weighted by atomic mass is 9.94. The highest BCUT2D eigenvalue weighted by Crippen LogP contribution is 2.19. The molecule has 4 amide bonds. The Morgan fingerprint density at radius 3 is 2.52 bits per heavy atom. The van der Waals surface area contributed by atoms with E-state index in [1.54, 1.807) is 13.8 Å². The van der Waals surface area contributed by atoms with Crippen LogP contribution in [0.4, 0.5) is 4.79 Å². The van der Waals surface area contributed by atoms with Crippen LogP contribution in [-0.4, -0.2) is 65.3 Å². The van der Waals surface area contributed by atoms with E-state index in [0.717, 1.165) is 4.90 Å². The molecule has 2 saturated heterocycles. The van der Waals surface area contributed by atoms with Gasteiger partial charge in [-0.25, -0.2) is 4.79 Å². The number of hydrogen-bond acceptors (Lipinski definition) is 5. The molecule has 0 aromatic rings. The molecule has 0 unspecified atom stereocenters. The lowest BCUT2D eigenvalue weighted by molar-refractivity contribution is -0.134. The second-order valence-corrected chi connectivity index (χ2v) is 6.06. The van der Waals surface area contributed by atoms with Gasteiger partial charge in [0.1, 0.15) is 12.1 Å². The standard InChI is InChI=1S/C13H21N3O5/c1-12(2)10(18)16(11(19)15-12)7-9(17)14-8-13(20)3-5-21-6-4-13/h20H,3-8H2,1-2H3,(H,14,17)(H,15,19). The van der Waals surface area contributed by atoms with Crippen LogP contribution in [0.5, 0.6) is 0 Å². The molecule has 118 valence electrons. The lowest BCUT2D eigenvalue weighted by Gasteiger charge is -2.32. The molecule has 0 bridgehead atoms. The van der Waals surface area contributed by atoms with Gasteiger partial charge in [0.2, 0.25) is 5.91 Å². The van der Waals surface area contributed by atoms with Crippen LogP contribution in [0.1, 0.15) is 26.7 Å². The average Bonchev–Trinajstić information content (AvgIpc) is 2.60. The minimum atomic E-state index is -0.990. The first-order valence-electron chi connectivity index (χ1n) is 6.94. The van der Waals surface area contributed by atoms with Crippen LogP contribution in [0.3, 0.4) is 0 Å². The minimum absolute atomic E-state index is 0.0856. The fourth-order valence-corrected chi connectivity index (χ4v) is 2.35. The molecular weight excluding hydrogens is 278 g/mol. The third-order valence-corrected chi connectivity index (χ3v) is 3.78. The van der Waals surface area contributed by atoms with Crippen molar-refractivity contribution in [3.05, 3.63) is 0 Å². The van der Waals surface area contributed by atoms with Crippen molar-refractivity contribution in [2.75, 3.05) is 26.3 Å². The van der Waals surface area contributed by atoms with Crippen molar-refractivity contribution >= 4 is 17.8 Å². The monoisotopic (exact) mass is 299 g/mol. The molecule has 2 aliphatic rings. The molecule has 2 fully saturated rings. The molecular formula is C13H21N3O5. The van der Waals surface area contributed by atoms with E-state index in [1.807, 2.05) is 0 Å². The van der Waals surface area contributed by atoms with Crippen LogP contribution >= 0.6 is 0 Å².